The van der Waals surface area contributed by atoms with Crippen molar-refractivity contribution in [1.82, 2.24) is 20.1 Å². The molecule has 27 heavy (non-hydrogen) atoms. The standard InChI is InChI=1S/C20H29N5OS/c1-3-24(17-9-7-8-16(2)14-17)13-11-21-19(26)15-27-20-23-22-18-10-5-4-6-12-25(18)20/h7-9,14H,3-6,10-13,15H2,1-2H3,(H,21,26). The van der Waals surface area contributed by atoms with E-state index in [1.54, 1.807) is 0 Å². The van der Waals surface area contributed by atoms with E-state index in [-0.39, 0.29) is 5.91 Å². The highest BCUT2D eigenvalue weighted by molar-refractivity contribution is 7.99. The normalized spacial score (nSPS) is 13.7. The molecule has 0 atom stereocenters. The number of nitrogens with one attached hydrogen (secondary N) is 1. The molecule has 1 aromatic heterocycles. The number of rotatable bonds is 8. The maximum absolute atomic E-state index is 12.2. The Morgan fingerprint density at radius 3 is 3.00 bits per heavy atom. The summed E-state index contributed by atoms with van der Waals surface area (Å²) < 4.78 is 2.18. The van der Waals surface area contributed by atoms with Gasteiger partial charge in [-0.25, -0.2) is 0 Å². The molecular formula is C20H29N5OS. The summed E-state index contributed by atoms with van der Waals surface area (Å²) >= 11 is 1.49. The van der Waals surface area contributed by atoms with Crippen LogP contribution in [0.5, 0.6) is 0 Å². The second-order valence-corrected chi connectivity index (χ2v) is 7.86. The van der Waals surface area contributed by atoms with Crippen LogP contribution in [0, 0.1) is 6.92 Å². The Labute approximate surface area is 165 Å². The number of aryl methyl sites for hydroxylation is 2. The zero-order valence-electron chi connectivity index (χ0n) is 16.3. The Morgan fingerprint density at radius 1 is 1.30 bits per heavy atom. The van der Waals surface area contributed by atoms with Gasteiger partial charge in [-0.15, -0.1) is 10.2 Å². The largest absolute Gasteiger partial charge is 0.370 e. The van der Waals surface area contributed by atoms with Gasteiger partial charge < -0.3 is 14.8 Å². The summed E-state index contributed by atoms with van der Waals surface area (Å²) in [5.41, 5.74) is 2.45. The molecule has 1 amide bonds. The number of hydrogen-bond acceptors (Lipinski definition) is 5. The van der Waals surface area contributed by atoms with Crippen LogP contribution in [-0.4, -0.2) is 46.1 Å². The minimum absolute atomic E-state index is 0.0475. The van der Waals surface area contributed by atoms with E-state index in [9.17, 15) is 4.79 Å². The minimum atomic E-state index is 0.0475. The Balaban J connectivity index is 1.44. The molecule has 1 aromatic carbocycles. The van der Waals surface area contributed by atoms with E-state index < -0.39 is 0 Å². The van der Waals surface area contributed by atoms with Crippen molar-refractivity contribution in [1.29, 1.82) is 0 Å². The summed E-state index contributed by atoms with van der Waals surface area (Å²) in [7, 11) is 0. The predicted octanol–water partition coefficient (Wildman–Crippen LogP) is 3.05. The molecule has 0 fully saturated rings. The van der Waals surface area contributed by atoms with Gasteiger partial charge in [0.2, 0.25) is 5.91 Å². The molecule has 1 aliphatic rings. The maximum atomic E-state index is 12.2. The van der Waals surface area contributed by atoms with Gasteiger partial charge in [0.1, 0.15) is 5.82 Å². The van der Waals surface area contributed by atoms with Crippen molar-refractivity contribution in [3.63, 3.8) is 0 Å². The summed E-state index contributed by atoms with van der Waals surface area (Å²) in [6.45, 7) is 7.56. The van der Waals surface area contributed by atoms with E-state index in [2.05, 4.69) is 63.1 Å². The highest BCUT2D eigenvalue weighted by Gasteiger charge is 2.16. The first-order chi connectivity index (χ1) is 13.2. The fourth-order valence-corrected chi connectivity index (χ4v) is 4.18. The fourth-order valence-electron chi connectivity index (χ4n) is 3.37. The topological polar surface area (TPSA) is 63.1 Å². The number of thioether (sulfide) groups is 1. The maximum Gasteiger partial charge on any atom is 0.230 e. The van der Waals surface area contributed by atoms with Crippen molar-refractivity contribution in [3.05, 3.63) is 35.7 Å². The van der Waals surface area contributed by atoms with Crippen molar-refractivity contribution in [2.45, 2.75) is 51.2 Å². The molecule has 6 nitrogen and oxygen atoms in total. The van der Waals surface area contributed by atoms with Crippen LogP contribution in [0.2, 0.25) is 0 Å². The second-order valence-electron chi connectivity index (χ2n) is 6.92. The molecule has 1 N–H and O–H groups in total. The monoisotopic (exact) mass is 387 g/mol. The van der Waals surface area contributed by atoms with Crippen molar-refractivity contribution in [3.8, 4) is 0 Å². The number of amides is 1. The van der Waals surface area contributed by atoms with E-state index in [0.29, 0.717) is 12.3 Å². The summed E-state index contributed by atoms with van der Waals surface area (Å²) in [4.78, 5) is 14.5. The lowest BCUT2D eigenvalue weighted by atomic mass is 10.2. The van der Waals surface area contributed by atoms with E-state index in [1.807, 2.05) is 0 Å². The Kier molecular flexibility index (Phi) is 7.15. The third kappa shape index (κ3) is 5.48. The smallest absolute Gasteiger partial charge is 0.230 e. The van der Waals surface area contributed by atoms with Gasteiger partial charge in [-0.05, 0) is 44.4 Å². The Bertz CT molecular complexity index is 761. The van der Waals surface area contributed by atoms with Crippen molar-refractivity contribution >= 4 is 23.4 Å². The third-order valence-electron chi connectivity index (χ3n) is 4.86. The van der Waals surface area contributed by atoms with Gasteiger partial charge in [-0.1, -0.05) is 30.3 Å². The molecule has 0 bridgehead atoms. The number of carbonyl (C=O) groups is 1. The SMILES string of the molecule is CCN(CCNC(=O)CSc1nnc2n1CCCCC2)c1cccc(C)c1. The summed E-state index contributed by atoms with van der Waals surface area (Å²) in [6.07, 6.45) is 4.57. The lowest BCUT2D eigenvalue weighted by molar-refractivity contribution is -0.118. The Hall–Kier alpha value is -2.02. The van der Waals surface area contributed by atoms with E-state index in [1.165, 1.54) is 35.9 Å². The molecule has 2 aromatic rings. The van der Waals surface area contributed by atoms with Crippen molar-refractivity contribution in [2.24, 2.45) is 0 Å². The number of carbonyl (C=O) groups excluding carboxylic acids is 1. The highest BCUT2D eigenvalue weighted by atomic mass is 32.2. The summed E-state index contributed by atoms with van der Waals surface area (Å²) in [5.74, 6) is 1.49. The molecule has 146 valence electrons. The quantitative estimate of drug-likeness (QED) is 0.706. The third-order valence-corrected chi connectivity index (χ3v) is 5.83. The van der Waals surface area contributed by atoms with Crippen LogP contribution in [0.25, 0.3) is 0 Å². The average molecular weight is 388 g/mol. The minimum Gasteiger partial charge on any atom is -0.370 e. The molecule has 3 rings (SSSR count). The zero-order valence-corrected chi connectivity index (χ0v) is 17.1. The first-order valence-electron chi connectivity index (χ1n) is 9.80. The highest BCUT2D eigenvalue weighted by Crippen LogP contribution is 2.21. The molecule has 1 aliphatic heterocycles. The molecule has 0 aliphatic carbocycles. The number of likely N-dealkylation sites (N-methyl/N-ethyl adjacent to an activating group) is 1. The summed E-state index contributed by atoms with van der Waals surface area (Å²) in [6, 6.07) is 8.47. The van der Waals surface area contributed by atoms with Gasteiger partial charge in [-0.2, -0.15) is 0 Å². The average Bonchev–Trinajstić information content (AvgIpc) is 2.90. The van der Waals surface area contributed by atoms with Crippen molar-refractivity contribution < 1.29 is 4.79 Å². The lowest BCUT2D eigenvalue weighted by Gasteiger charge is -2.23. The van der Waals surface area contributed by atoms with Crippen LogP contribution >= 0.6 is 11.8 Å². The molecule has 0 radical (unpaired) electrons. The van der Waals surface area contributed by atoms with Gasteiger partial charge in [0.15, 0.2) is 5.16 Å². The van der Waals surface area contributed by atoms with Gasteiger partial charge >= 0.3 is 0 Å². The van der Waals surface area contributed by atoms with Gasteiger partial charge in [0.05, 0.1) is 5.75 Å². The van der Waals surface area contributed by atoms with Crippen LogP contribution in [-0.2, 0) is 17.8 Å². The zero-order chi connectivity index (χ0) is 19.1. The predicted molar refractivity (Wildman–Crippen MR) is 110 cm³/mol. The molecular weight excluding hydrogens is 358 g/mol. The lowest BCUT2D eigenvalue weighted by Crippen LogP contribution is -2.35. The molecule has 0 saturated heterocycles. The van der Waals surface area contributed by atoms with Crippen LogP contribution in [0.3, 0.4) is 0 Å². The first-order valence-corrected chi connectivity index (χ1v) is 10.8. The van der Waals surface area contributed by atoms with E-state index >= 15 is 0 Å². The molecule has 2 heterocycles. The fraction of sp³-hybridized carbons (Fsp3) is 0.550. The Morgan fingerprint density at radius 2 is 2.19 bits per heavy atom. The molecule has 0 unspecified atom stereocenters. The van der Waals surface area contributed by atoms with Gasteiger partial charge in [0, 0.05) is 38.3 Å². The summed E-state index contributed by atoms with van der Waals surface area (Å²) in [5, 5.41) is 12.5. The van der Waals surface area contributed by atoms with Crippen LogP contribution in [0.1, 0.15) is 37.6 Å². The first kappa shape index (κ1) is 19.7. The van der Waals surface area contributed by atoms with Crippen molar-refractivity contribution in [2.75, 3.05) is 30.3 Å². The number of nitrogens with zero attached hydrogens (tertiary/aromatic N) is 4. The van der Waals surface area contributed by atoms with Gasteiger partial charge in [0.25, 0.3) is 0 Å². The molecule has 7 heteroatoms. The van der Waals surface area contributed by atoms with Crippen LogP contribution in [0.4, 0.5) is 5.69 Å². The second kappa shape index (κ2) is 9.78. The number of fused-ring (bicyclic) bond motifs is 1. The number of benzene rings is 1. The number of hydrogen-bond donors (Lipinski definition) is 1. The van der Waals surface area contributed by atoms with Gasteiger partial charge in [-0.3, -0.25) is 4.79 Å². The number of aromatic nitrogens is 3. The molecule has 0 saturated carbocycles. The van der Waals surface area contributed by atoms with E-state index in [4.69, 9.17) is 0 Å². The molecule has 0 spiro atoms. The van der Waals surface area contributed by atoms with E-state index in [0.717, 1.165) is 43.5 Å². The van der Waals surface area contributed by atoms with Crippen LogP contribution < -0.4 is 10.2 Å². The van der Waals surface area contributed by atoms with Crippen LogP contribution in [0.15, 0.2) is 29.4 Å². The number of anilines is 1.